The van der Waals surface area contributed by atoms with Crippen molar-refractivity contribution < 1.29 is 4.79 Å². The van der Waals surface area contributed by atoms with E-state index < -0.39 is 0 Å². The van der Waals surface area contributed by atoms with Crippen LogP contribution < -0.4 is 10.9 Å². The molecule has 0 atom stereocenters. The third-order valence-electron chi connectivity index (χ3n) is 3.71. The van der Waals surface area contributed by atoms with E-state index in [2.05, 4.69) is 10.3 Å². The van der Waals surface area contributed by atoms with Crippen LogP contribution in [0.5, 0.6) is 0 Å². The van der Waals surface area contributed by atoms with Gasteiger partial charge in [0.2, 0.25) is 5.91 Å². The van der Waals surface area contributed by atoms with Crippen LogP contribution >= 0.6 is 0 Å². The molecule has 5 heteroatoms. The van der Waals surface area contributed by atoms with E-state index in [9.17, 15) is 9.59 Å². The first kappa shape index (κ1) is 15.0. The normalized spacial score (nSPS) is 10.7. The molecule has 3 rings (SSSR count). The summed E-state index contributed by atoms with van der Waals surface area (Å²) in [7, 11) is 1.69. The first-order chi connectivity index (χ1) is 11.1. The standard InChI is InChI=1S/C18H17N3O2/c1-21-16(20-15-10-6-5-9-14(15)18(21)23)11-12-17(22)19-13-7-3-2-4-8-13/h2-10H,11-12H2,1H3,(H,19,22). The molecule has 23 heavy (non-hydrogen) atoms. The fourth-order valence-corrected chi connectivity index (χ4v) is 2.46. The quantitative estimate of drug-likeness (QED) is 0.805. The predicted octanol–water partition coefficient (Wildman–Crippen LogP) is 2.50. The third kappa shape index (κ3) is 3.29. The lowest BCUT2D eigenvalue weighted by molar-refractivity contribution is -0.116. The number of carbonyl (C=O) groups excluding carboxylic acids is 1. The number of hydrogen-bond donors (Lipinski definition) is 1. The second kappa shape index (κ2) is 6.44. The lowest BCUT2D eigenvalue weighted by Crippen LogP contribution is -2.23. The largest absolute Gasteiger partial charge is 0.326 e. The lowest BCUT2D eigenvalue weighted by Gasteiger charge is -2.09. The van der Waals surface area contributed by atoms with Crippen molar-refractivity contribution in [2.24, 2.45) is 7.05 Å². The smallest absolute Gasteiger partial charge is 0.261 e. The van der Waals surface area contributed by atoms with Gasteiger partial charge in [-0.1, -0.05) is 30.3 Å². The van der Waals surface area contributed by atoms with E-state index in [-0.39, 0.29) is 17.9 Å². The fourth-order valence-electron chi connectivity index (χ4n) is 2.46. The highest BCUT2D eigenvalue weighted by molar-refractivity contribution is 5.90. The van der Waals surface area contributed by atoms with Crippen molar-refractivity contribution in [2.45, 2.75) is 12.8 Å². The Labute approximate surface area is 133 Å². The molecule has 3 aromatic rings. The third-order valence-corrected chi connectivity index (χ3v) is 3.71. The van der Waals surface area contributed by atoms with Crippen molar-refractivity contribution in [1.29, 1.82) is 0 Å². The molecule has 1 heterocycles. The van der Waals surface area contributed by atoms with E-state index >= 15 is 0 Å². The molecule has 1 aromatic heterocycles. The number of carbonyl (C=O) groups is 1. The van der Waals surface area contributed by atoms with Crippen molar-refractivity contribution in [1.82, 2.24) is 9.55 Å². The second-order valence-electron chi connectivity index (χ2n) is 5.32. The summed E-state index contributed by atoms with van der Waals surface area (Å²) in [5, 5.41) is 3.42. The van der Waals surface area contributed by atoms with Crippen LogP contribution in [0.1, 0.15) is 12.2 Å². The Morgan fingerprint density at radius 1 is 1.09 bits per heavy atom. The summed E-state index contributed by atoms with van der Waals surface area (Å²) in [5.41, 5.74) is 1.33. The van der Waals surface area contributed by atoms with E-state index in [0.29, 0.717) is 23.1 Å². The Hall–Kier alpha value is -2.95. The minimum atomic E-state index is -0.0985. The van der Waals surface area contributed by atoms with Gasteiger partial charge >= 0.3 is 0 Å². The zero-order chi connectivity index (χ0) is 16.2. The van der Waals surface area contributed by atoms with E-state index in [1.807, 2.05) is 48.5 Å². The summed E-state index contributed by atoms with van der Waals surface area (Å²) < 4.78 is 1.51. The molecule has 0 radical (unpaired) electrons. The molecule has 0 bridgehead atoms. The van der Waals surface area contributed by atoms with Gasteiger partial charge in [-0.05, 0) is 24.3 Å². The van der Waals surface area contributed by atoms with Gasteiger partial charge in [0.15, 0.2) is 0 Å². The minimum absolute atomic E-state index is 0.0888. The monoisotopic (exact) mass is 307 g/mol. The highest BCUT2D eigenvalue weighted by atomic mass is 16.1. The molecule has 0 saturated heterocycles. The first-order valence-electron chi connectivity index (χ1n) is 7.45. The molecule has 0 aliphatic heterocycles. The van der Waals surface area contributed by atoms with E-state index in [0.717, 1.165) is 5.69 Å². The van der Waals surface area contributed by atoms with Crippen LogP contribution in [0.2, 0.25) is 0 Å². The van der Waals surface area contributed by atoms with E-state index in [1.165, 1.54) is 4.57 Å². The minimum Gasteiger partial charge on any atom is -0.326 e. The molecular weight excluding hydrogens is 290 g/mol. The summed E-state index contributed by atoms with van der Waals surface area (Å²) in [6.07, 6.45) is 0.683. The summed E-state index contributed by atoms with van der Waals surface area (Å²) in [6, 6.07) is 16.5. The fraction of sp³-hybridized carbons (Fsp3) is 0.167. The molecule has 0 saturated carbocycles. The molecule has 1 N–H and O–H groups in total. The van der Waals surface area contributed by atoms with E-state index in [1.54, 1.807) is 13.1 Å². The van der Waals surface area contributed by atoms with Crippen LogP contribution in [0.3, 0.4) is 0 Å². The van der Waals surface area contributed by atoms with Crippen molar-refractivity contribution >= 4 is 22.5 Å². The highest BCUT2D eigenvalue weighted by Crippen LogP contribution is 2.10. The second-order valence-corrected chi connectivity index (χ2v) is 5.32. The molecular formula is C18H17N3O2. The number of amides is 1. The Balaban J connectivity index is 1.76. The molecule has 116 valence electrons. The van der Waals surface area contributed by atoms with Crippen LogP contribution in [0.25, 0.3) is 10.9 Å². The molecule has 0 aliphatic carbocycles. The number of aryl methyl sites for hydroxylation is 1. The zero-order valence-electron chi connectivity index (χ0n) is 12.8. The Bertz CT molecular complexity index is 901. The van der Waals surface area contributed by atoms with Gasteiger partial charge < -0.3 is 5.32 Å². The zero-order valence-corrected chi connectivity index (χ0v) is 12.8. The van der Waals surface area contributed by atoms with Gasteiger partial charge in [0.25, 0.3) is 5.56 Å². The molecule has 5 nitrogen and oxygen atoms in total. The highest BCUT2D eigenvalue weighted by Gasteiger charge is 2.10. The van der Waals surface area contributed by atoms with Crippen molar-refractivity contribution in [3.63, 3.8) is 0 Å². The Morgan fingerprint density at radius 2 is 1.78 bits per heavy atom. The number of rotatable bonds is 4. The number of para-hydroxylation sites is 2. The number of nitrogens with zero attached hydrogens (tertiary/aromatic N) is 2. The average molecular weight is 307 g/mol. The maximum atomic E-state index is 12.3. The summed E-state index contributed by atoms with van der Waals surface area (Å²) >= 11 is 0. The number of benzene rings is 2. The van der Waals surface area contributed by atoms with Gasteiger partial charge in [0, 0.05) is 25.6 Å². The molecule has 0 fully saturated rings. The van der Waals surface area contributed by atoms with Crippen LogP contribution in [0.4, 0.5) is 5.69 Å². The summed E-state index contributed by atoms with van der Waals surface area (Å²) in [6.45, 7) is 0. The van der Waals surface area contributed by atoms with Gasteiger partial charge in [-0.25, -0.2) is 4.98 Å². The SMILES string of the molecule is Cn1c(CCC(=O)Nc2ccccc2)nc2ccccc2c1=O. The maximum absolute atomic E-state index is 12.3. The van der Waals surface area contributed by atoms with Crippen molar-refractivity contribution in [3.8, 4) is 0 Å². The average Bonchev–Trinajstić information content (AvgIpc) is 2.58. The van der Waals surface area contributed by atoms with Gasteiger partial charge in [0.1, 0.15) is 5.82 Å². The molecule has 1 amide bonds. The maximum Gasteiger partial charge on any atom is 0.261 e. The van der Waals surface area contributed by atoms with Crippen LogP contribution in [-0.2, 0) is 18.3 Å². The summed E-state index contributed by atoms with van der Waals surface area (Å²) in [5.74, 6) is 0.510. The van der Waals surface area contributed by atoms with Crippen LogP contribution in [0.15, 0.2) is 59.4 Å². The van der Waals surface area contributed by atoms with Gasteiger partial charge in [0.05, 0.1) is 10.9 Å². The number of aromatic nitrogens is 2. The number of nitrogens with one attached hydrogen (secondary N) is 1. The molecule has 0 spiro atoms. The van der Waals surface area contributed by atoms with Crippen LogP contribution in [-0.4, -0.2) is 15.5 Å². The number of fused-ring (bicyclic) bond motifs is 1. The Morgan fingerprint density at radius 3 is 2.57 bits per heavy atom. The molecule has 2 aromatic carbocycles. The van der Waals surface area contributed by atoms with Crippen LogP contribution in [0, 0.1) is 0 Å². The topological polar surface area (TPSA) is 64.0 Å². The lowest BCUT2D eigenvalue weighted by atomic mass is 10.2. The summed E-state index contributed by atoms with van der Waals surface area (Å²) in [4.78, 5) is 28.8. The van der Waals surface area contributed by atoms with Crippen molar-refractivity contribution in [3.05, 3.63) is 70.8 Å². The number of hydrogen-bond acceptors (Lipinski definition) is 3. The van der Waals surface area contributed by atoms with Gasteiger partial charge in [-0.3, -0.25) is 14.2 Å². The molecule has 0 unspecified atom stereocenters. The van der Waals surface area contributed by atoms with E-state index in [4.69, 9.17) is 0 Å². The van der Waals surface area contributed by atoms with Gasteiger partial charge in [-0.15, -0.1) is 0 Å². The van der Waals surface area contributed by atoms with Crippen molar-refractivity contribution in [2.75, 3.05) is 5.32 Å². The molecule has 0 aliphatic rings. The first-order valence-corrected chi connectivity index (χ1v) is 7.45. The number of anilines is 1. The van der Waals surface area contributed by atoms with Gasteiger partial charge in [-0.2, -0.15) is 0 Å². The predicted molar refractivity (Wildman–Crippen MR) is 90.4 cm³/mol. The Kier molecular flexibility index (Phi) is 4.19.